The van der Waals surface area contributed by atoms with Crippen LogP contribution >= 0.6 is 34.3 Å². The van der Waals surface area contributed by atoms with Gasteiger partial charge in [0.05, 0.1) is 23.4 Å². The number of fused-ring (bicyclic) bond motifs is 3. The highest BCUT2D eigenvalue weighted by Gasteiger charge is 2.26. The van der Waals surface area contributed by atoms with Crippen LogP contribution in [0.5, 0.6) is 5.75 Å². The lowest BCUT2D eigenvalue weighted by Gasteiger charge is -2.08. The van der Waals surface area contributed by atoms with Gasteiger partial charge in [0.1, 0.15) is 0 Å². The summed E-state index contributed by atoms with van der Waals surface area (Å²) >= 11 is 8.77. The molecule has 5 nitrogen and oxygen atoms in total. The molecule has 0 saturated carbocycles. The molecule has 0 radical (unpaired) electrons. The molecule has 3 rings (SSSR count). The third kappa shape index (κ3) is 3.07. The SMILES string of the molecule is CCOC(=O)COc1c(C(=O)OC)sc2cc3ccc(Cl)sc-3c12. The lowest BCUT2D eigenvalue weighted by Crippen LogP contribution is -2.15. The number of carbonyl (C=O) groups excluding carboxylic acids is 2. The van der Waals surface area contributed by atoms with E-state index in [0.29, 0.717) is 15.0 Å². The average molecular weight is 385 g/mol. The fraction of sp³-hybridized carbons (Fsp3) is 0.250. The predicted molar refractivity (Wildman–Crippen MR) is 94.8 cm³/mol. The van der Waals surface area contributed by atoms with E-state index in [2.05, 4.69) is 0 Å². The van der Waals surface area contributed by atoms with Crippen LogP contribution in [0.15, 0.2) is 18.2 Å². The molecule has 0 atom stereocenters. The maximum Gasteiger partial charge on any atom is 0.351 e. The number of thiophene rings is 1. The van der Waals surface area contributed by atoms with Crippen molar-refractivity contribution in [3.63, 3.8) is 0 Å². The van der Waals surface area contributed by atoms with Crippen LogP contribution in [-0.2, 0) is 14.3 Å². The molecular weight excluding hydrogens is 372 g/mol. The Morgan fingerprint density at radius 3 is 2.75 bits per heavy atom. The van der Waals surface area contributed by atoms with Crippen LogP contribution in [0, 0.1) is 0 Å². The summed E-state index contributed by atoms with van der Waals surface area (Å²) in [5, 5.41) is 0.771. The Labute approximate surface area is 151 Å². The summed E-state index contributed by atoms with van der Waals surface area (Å²) < 4.78 is 16.8. The van der Waals surface area contributed by atoms with Crippen LogP contribution in [0.4, 0.5) is 0 Å². The predicted octanol–water partition coefficient (Wildman–Crippen LogP) is 4.45. The maximum absolute atomic E-state index is 12.0. The molecule has 0 bridgehead atoms. The van der Waals surface area contributed by atoms with E-state index in [1.165, 1.54) is 29.8 Å². The molecule has 0 spiro atoms. The van der Waals surface area contributed by atoms with Crippen molar-refractivity contribution in [2.75, 3.05) is 20.3 Å². The molecular formula is C16H13ClO5S2. The molecule has 126 valence electrons. The quantitative estimate of drug-likeness (QED) is 0.608. The number of methoxy groups -OCH3 is 1. The summed E-state index contributed by atoms with van der Waals surface area (Å²) in [6, 6.07) is 5.69. The normalized spacial score (nSPS) is 11.0. The van der Waals surface area contributed by atoms with Crippen LogP contribution in [-0.4, -0.2) is 32.3 Å². The topological polar surface area (TPSA) is 61.8 Å². The monoisotopic (exact) mass is 384 g/mol. The van der Waals surface area contributed by atoms with Gasteiger partial charge in [0.25, 0.3) is 0 Å². The molecule has 0 unspecified atom stereocenters. The standard InChI is InChI=1S/C16H13ClO5S2/c1-3-21-11(18)7-22-13-12-9(23-15(13)16(19)20-2)6-8-4-5-10(17)24-14(8)12/h4-6H,3,7H2,1-2H3. The Morgan fingerprint density at radius 2 is 2.04 bits per heavy atom. The summed E-state index contributed by atoms with van der Waals surface area (Å²) in [6.45, 7) is 1.71. The molecule has 0 N–H and O–H groups in total. The molecule has 2 heterocycles. The molecule has 8 heteroatoms. The van der Waals surface area contributed by atoms with Gasteiger partial charge in [0, 0.05) is 9.58 Å². The molecule has 2 aliphatic rings. The Morgan fingerprint density at radius 1 is 1.25 bits per heavy atom. The summed E-state index contributed by atoms with van der Waals surface area (Å²) in [4.78, 5) is 24.9. The third-order valence-electron chi connectivity index (χ3n) is 3.27. The molecule has 0 saturated heterocycles. The first kappa shape index (κ1) is 17.0. The number of rotatable bonds is 5. The Kier molecular flexibility index (Phi) is 4.93. The molecule has 0 amide bonds. The van der Waals surface area contributed by atoms with Crippen LogP contribution < -0.4 is 4.74 Å². The Hall–Kier alpha value is -1.83. The summed E-state index contributed by atoms with van der Waals surface area (Å²) in [6.07, 6.45) is 0. The minimum absolute atomic E-state index is 0.266. The third-order valence-corrected chi connectivity index (χ3v) is 5.70. The maximum atomic E-state index is 12.0. The van der Waals surface area contributed by atoms with E-state index in [-0.39, 0.29) is 13.2 Å². The van der Waals surface area contributed by atoms with Gasteiger partial charge in [0.15, 0.2) is 17.2 Å². The van der Waals surface area contributed by atoms with Gasteiger partial charge in [-0.2, -0.15) is 0 Å². The number of hydrogen-bond acceptors (Lipinski definition) is 7. The number of carbonyl (C=O) groups is 2. The van der Waals surface area contributed by atoms with Crippen molar-refractivity contribution < 1.29 is 23.8 Å². The summed E-state index contributed by atoms with van der Waals surface area (Å²) in [5.41, 5.74) is 1.00. The highest BCUT2D eigenvalue weighted by atomic mass is 35.5. The van der Waals surface area contributed by atoms with Gasteiger partial charge in [-0.3, -0.25) is 0 Å². The second-order valence-electron chi connectivity index (χ2n) is 4.75. The zero-order valence-electron chi connectivity index (χ0n) is 12.9. The number of esters is 2. The lowest BCUT2D eigenvalue weighted by molar-refractivity contribution is -0.145. The first-order chi connectivity index (χ1) is 11.5. The second-order valence-corrected chi connectivity index (χ2v) is 7.49. The smallest absolute Gasteiger partial charge is 0.351 e. The molecule has 0 fully saturated rings. The molecule has 1 aromatic heterocycles. The fourth-order valence-electron chi connectivity index (χ4n) is 2.32. The van der Waals surface area contributed by atoms with E-state index in [9.17, 15) is 9.59 Å². The van der Waals surface area contributed by atoms with Gasteiger partial charge in [-0.05, 0) is 24.6 Å². The van der Waals surface area contributed by atoms with E-state index >= 15 is 0 Å². The van der Waals surface area contributed by atoms with Crippen LogP contribution in [0.3, 0.4) is 0 Å². The van der Waals surface area contributed by atoms with Gasteiger partial charge in [-0.15, -0.1) is 22.7 Å². The zero-order chi connectivity index (χ0) is 17.3. The fourth-order valence-corrected chi connectivity index (χ4v) is 4.68. The van der Waals surface area contributed by atoms with E-state index in [0.717, 1.165) is 20.5 Å². The van der Waals surface area contributed by atoms with E-state index in [1.54, 1.807) is 6.92 Å². The Balaban J connectivity index is 2.11. The van der Waals surface area contributed by atoms with Gasteiger partial charge in [-0.1, -0.05) is 17.7 Å². The van der Waals surface area contributed by atoms with E-state index in [1.807, 2.05) is 18.2 Å². The second kappa shape index (κ2) is 6.96. The van der Waals surface area contributed by atoms with Crippen molar-refractivity contribution in [1.29, 1.82) is 0 Å². The van der Waals surface area contributed by atoms with Crippen molar-refractivity contribution in [1.82, 2.24) is 0 Å². The minimum Gasteiger partial charge on any atom is -0.479 e. The van der Waals surface area contributed by atoms with Gasteiger partial charge < -0.3 is 14.2 Å². The lowest BCUT2D eigenvalue weighted by atomic mass is 10.2. The van der Waals surface area contributed by atoms with Gasteiger partial charge in [-0.25, -0.2) is 9.59 Å². The average Bonchev–Trinajstić information content (AvgIpc) is 3.08. The minimum atomic E-state index is -0.504. The van der Waals surface area contributed by atoms with Gasteiger partial charge >= 0.3 is 11.9 Å². The number of ether oxygens (including phenoxy) is 3. The zero-order valence-corrected chi connectivity index (χ0v) is 15.3. The molecule has 24 heavy (non-hydrogen) atoms. The first-order valence-corrected chi connectivity index (χ1v) is 9.07. The van der Waals surface area contributed by atoms with E-state index < -0.39 is 11.9 Å². The van der Waals surface area contributed by atoms with Crippen LogP contribution in [0.2, 0.25) is 4.34 Å². The largest absolute Gasteiger partial charge is 0.479 e. The van der Waals surface area contributed by atoms with Crippen molar-refractivity contribution in [3.05, 3.63) is 27.4 Å². The van der Waals surface area contributed by atoms with Crippen molar-refractivity contribution in [3.8, 4) is 16.2 Å². The number of halogens is 1. The molecule has 1 aliphatic heterocycles. The Bertz CT molecular complexity index is 882. The highest BCUT2D eigenvalue weighted by Crippen LogP contribution is 2.49. The molecule has 0 aromatic carbocycles. The van der Waals surface area contributed by atoms with Crippen LogP contribution in [0.25, 0.3) is 20.5 Å². The van der Waals surface area contributed by atoms with Crippen LogP contribution in [0.1, 0.15) is 16.6 Å². The van der Waals surface area contributed by atoms with Gasteiger partial charge in [0.2, 0.25) is 0 Å². The van der Waals surface area contributed by atoms with Crippen molar-refractivity contribution in [2.24, 2.45) is 0 Å². The molecule has 1 aromatic rings. The summed E-state index contributed by atoms with van der Waals surface area (Å²) in [5.74, 6) is -0.663. The van der Waals surface area contributed by atoms with Crippen molar-refractivity contribution >= 4 is 56.3 Å². The number of hydrogen-bond donors (Lipinski definition) is 0. The highest BCUT2D eigenvalue weighted by molar-refractivity contribution is 7.24. The first-order valence-electron chi connectivity index (χ1n) is 7.06. The summed E-state index contributed by atoms with van der Waals surface area (Å²) in [7, 11) is 1.31. The van der Waals surface area contributed by atoms with Crippen molar-refractivity contribution in [2.45, 2.75) is 6.92 Å². The van der Waals surface area contributed by atoms with E-state index in [4.69, 9.17) is 25.8 Å². The molecule has 1 aliphatic carbocycles.